The molecule has 1 aromatic heterocycles. The molecular formula is C24H26N4O6S. The van der Waals surface area contributed by atoms with Crippen molar-refractivity contribution in [1.82, 2.24) is 14.1 Å². The number of hydrogen-bond donors (Lipinski definition) is 2. The van der Waals surface area contributed by atoms with Crippen LogP contribution in [-0.2, 0) is 21.4 Å². The average Bonchev–Trinajstić information content (AvgIpc) is 2.86. The maximum Gasteiger partial charge on any atom is 0.357 e. The van der Waals surface area contributed by atoms with Crippen LogP contribution in [0.25, 0.3) is 10.8 Å². The molecule has 2 N–H and O–H groups in total. The van der Waals surface area contributed by atoms with Gasteiger partial charge in [-0.1, -0.05) is 49.6 Å². The van der Waals surface area contributed by atoms with E-state index < -0.39 is 34.0 Å². The van der Waals surface area contributed by atoms with Gasteiger partial charge in [0, 0.05) is 18.5 Å². The number of carboxylic acid groups (broad SMARTS) is 1. The molecule has 1 amide bonds. The lowest BCUT2D eigenvalue weighted by Crippen LogP contribution is -2.38. The van der Waals surface area contributed by atoms with E-state index in [4.69, 9.17) is 0 Å². The Morgan fingerprint density at radius 3 is 2.37 bits per heavy atom. The molecule has 4 rings (SSSR count). The van der Waals surface area contributed by atoms with Crippen molar-refractivity contribution < 1.29 is 23.1 Å². The minimum Gasteiger partial charge on any atom is -0.476 e. The van der Waals surface area contributed by atoms with E-state index in [1.54, 1.807) is 31.3 Å². The summed E-state index contributed by atoms with van der Waals surface area (Å²) in [6, 6.07) is 12.1. The average molecular weight is 499 g/mol. The number of amides is 1. The second-order valence-corrected chi connectivity index (χ2v) is 10.5. The summed E-state index contributed by atoms with van der Waals surface area (Å²) in [5.74, 6) is -2.05. The van der Waals surface area contributed by atoms with E-state index in [9.17, 15) is 27.9 Å². The fraction of sp³-hybridized carbons (Fsp3) is 0.333. The van der Waals surface area contributed by atoms with Crippen LogP contribution >= 0.6 is 0 Å². The molecule has 0 spiro atoms. The molecule has 1 aliphatic carbocycles. The maximum atomic E-state index is 13.4. The summed E-state index contributed by atoms with van der Waals surface area (Å²) in [6.07, 6.45) is 4.59. The third kappa shape index (κ3) is 4.96. The smallest absolute Gasteiger partial charge is 0.357 e. The minimum atomic E-state index is -3.89. The fourth-order valence-corrected chi connectivity index (χ4v) is 5.98. The first-order valence-electron chi connectivity index (χ1n) is 11.3. The number of aromatic carboxylic acids is 1. The number of aromatic nitrogens is 2. The number of hydrogen-bond acceptors (Lipinski definition) is 6. The minimum absolute atomic E-state index is 0.0496. The lowest BCUT2D eigenvalue weighted by molar-refractivity contribution is -0.117. The summed E-state index contributed by atoms with van der Waals surface area (Å²) >= 11 is 0. The van der Waals surface area contributed by atoms with Crippen molar-refractivity contribution >= 4 is 38.4 Å². The zero-order valence-electron chi connectivity index (χ0n) is 19.2. The standard InChI is InChI=1S/C24H26N4O6S/c1-27(16-9-3-2-4-10-16)35(33,34)20-14-8-7-13-19(20)25-21(29)15-28-23(30)18-12-6-5-11-17(18)22(26-28)24(31)32/h5-8,11-14,16H,2-4,9-10,15H2,1H3,(H,25,29)(H,31,32). The van der Waals surface area contributed by atoms with E-state index in [-0.39, 0.29) is 33.1 Å². The van der Waals surface area contributed by atoms with Crippen LogP contribution in [0.1, 0.15) is 42.6 Å². The third-order valence-electron chi connectivity index (χ3n) is 6.27. The molecule has 11 heteroatoms. The normalized spacial score (nSPS) is 14.8. The number of benzene rings is 2. The SMILES string of the molecule is CN(C1CCCCC1)S(=O)(=O)c1ccccc1NC(=O)Cn1nc(C(=O)O)c2ccccc2c1=O. The van der Waals surface area contributed by atoms with Crippen LogP contribution in [0.4, 0.5) is 5.69 Å². The molecule has 0 bridgehead atoms. The van der Waals surface area contributed by atoms with Crippen molar-refractivity contribution in [2.45, 2.75) is 49.6 Å². The zero-order chi connectivity index (χ0) is 25.2. The molecule has 0 saturated heterocycles. The molecule has 3 aromatic rings. The summed E-state index contributed by atoms with van der Waals surface area (Å²) in [5, 5.41) is 16.2. The summed E-state index contributed by atoms with van der Waals surface area (Å²) in [5.41, 5.74) is -0.906. The van der Waals surface area contributed by atoms with Gasteiger partial charge in [0.15, 0.2) is 5.69 Å². The molecule has 0 atom stereocenters. The number of sulfonamides is 1. The summed E-state index contributed by atoms with van der Waals surface area (Å²) in [4.78, 5) is 37.2. The van der Waals surface area contributed by atoms with Crippen LogP contribution in [0.5, 0.6) is 0 Å². The molecule has 1 fully saturated rings. The number of para-hydroxylation sites is 1. The Morgan fingerprint density at radius 2 is 1.69 bits per heavy atom. The quantitative estimate of drug-likeness (QED) is 0.511. The fourth-order valence-electron chi connectivity index (χ4n) is 4.42. The van der Waals surface area contributed by atoms with Gasteiger partial charge in [-0.2, -0.15) is 9.40 Å². The van der Waals surface area contributed by atoms with E-state index in [1.807, 2.05) is 0 Å². The lowest BCUT2D eigenvalue weighted by atomic mass is 9.96. The highest BCUT2D eigenvalue weighted by molar-refractivity contribution is 7.89. The molecule has 0 radical (unpaired) electrons. The highest BCUT2D eigenvalue weighted by Gasteiger charge is 2.31. The number of nitrogens with zero attached hydrogens (tertiary/aromatic N) is 3. The van der Waals surface area contributed by atoms with E-state index >= 15 is 0 Å². The molecule has 2 aromatic carbocycles. The molecular weight excluding hydrogens is 472 g/mol. The molecule has 1 heterocycles. The molecule has 0 aliphatic heterocycles. The van der Waals surface area contributed by atoms with Crippen molar-refractivity contribution in [1.29, 1.82) is 0 Å². The Hall–Kier alpha value is -3.57. The zero-order valence-corrected chi connectivity index (χ0v) is 20.0. The van der Waals surface area contributed by atoms with Crippen LogP contribution in [0, 0.1) is 0 Å². The monoisotopic (exact) mass is 498 g/mol. The first-order chi connectivity index (χ1) is 16.7. The second-order valence-electron chi connectivity index (χ2n) is 8.52. The number of nitrogens with one attached hydrogen (secondary N) is 1. The Morgan fingerprint density at radius 1 is 1.06 bits per heavy atom. The summed E-state index contributed by atoms with van der Waals surface area (Å²) in [6.45, 7) is -0.587. The lowest BCUT2D eigenvalue weighted by Gasteiger charge is -2.30. The molecule has 184 valence electrons. The van der Waals surface area contributed by atoms with Crippen LogP contribution in [-0.4, -0.2) is 52.6 Å². The molecule has 10 nitrogen and oxygen atoms in total. The van der Waals surface area contributed by atoms with Crippen LogP contribution in [0.15, 0.2) is 58.2 Å². The van der Waals surface area contributed by atoms with Gasteiger partial charge in [0.25, 0.3) is 5.56 Å². The van der Waals surface area contributed by atoms with E-state index in [0.29, 0.717) is 0 Å². The molecule has 0 unspecified atom stereocenters. The Kier molecular flexibility index (Phi) is 6.99. The third-order valence-corrected chi connectivity index (χ3v) is 8.24. The largest absolute Gasteiger partial charge is 0.476 e. The predicted octanol–water partition coefficient (Wildman–Crippen LogP) is 2.69. The van der Waals surface area contributed by atoms with Gasteiger partial charge < -0.3 is 10.4 Å². The first-order valence-corrected chi connectivity index (χ1v) is 12.7. The second kappa shape index (κ2) is 9.96. The van der Waals surface area contributed by atoms with E-state index in [0.717, 1.165) is 36.8 Å². The summed E-state index contributed by atoms with van der Waals surface area (Å²) < 4.78 is 28.8. The molecule has 35 heavy (non-hydrogen) atoms. The first kappa shape index (κ1) is 24.6. The van der Waals surface area contributed by atoms with Gasteiger partial charge in [-0.15, -0.1) is 0 Å². The van der Waals surface area contributed by atoms with Gasteiger partial charge in [-0.3, -0.25) is 9.59 Å². The number of carbonyl (C=O) groups is 2. The summed E-state index contributed by atoms with van der Waals surface area (Å²) in [7, 11) is -2.33. The van der Waals surface area contributed by atoms with Crippen LogP contribution in [0.2, 0.25) is 0 Å². The Bertz CT molecular complexity index is 1440. The van der Waals surface area contributed by atoms with Gasteiger partial charge in [-0.05, 0) is 31.0 Å². The Labute approximate surface area is 202 Å². The van der Waals surface area contributed by atoms with Crippen molar-refractivity contribution in [2.24, 2.45) is 0 Å². The molecule has 1 saturated carbocycles. The number of rotatable bonds is 7. The Balaban J connectivity index is 1.62. The number of anilines is 1. The number of fused-ring (bicyclic) bond motifs is 1. The van der Waals surface area contributed by atoms with Gasteiger partial charge in [0.1, 0.15) is 11.4 Å². The van der Waals surface area contributed by atoms with Crippen molar-refractivity contribution in [3.63, 3.8) is 0 Å². The van der Waals surface area contributed by atoms with Crippen molar-refractivity contribution in [3.8, 4) is 0 Å². The molecule has 1 aliphatic rings. The van der Waals surface area contributed by atoms with Crippen LogP contribution in [0.3, 0.4) is 0 Å². The predicted molar refractivity (Wildman–Crippen MR) is 130 cm³/mol. The van der Waals surface area contributed by atoms with Gasteiger partial charge in [0.05, 0.1) is 11.1 Å². The highest BCUT2D eigenvalue weighted by atomic mass is 32.2. The van der Waals surface area contributed by atoms with Crippen molar-refractivity contribution in [3.05, 3.63) is 64.6 Å². The number of carbonyl (C=O) groups excluding carboxylic acids is 1. The number of carboxylic acids is 1. The maximum absolute atomic E-state index is 13.4. The van der Waals surface area contributed by atoms with Crippen molar-refractivity contribution in [2.75, 3.05) is 12.4 Å². The topological polar surface area (TPSA) is 139 Å². The van der Waals surface area contributed by atoms with Gasteiger partial charge in [0.2, 0.25) is 15.9 Å². The van der Waals surface area contributed by atoms with E-state index in [2.05, 4.69) is 10.4 Å². The van der Waals surface area contributed by atoms with Gasteiger partial charge >= 0.3 is 5.97 Å². The van der Waals surface area contributed by atoms with Gasteiger partial charge in [-0.25, -0.2) is 17.9 Å². The van der Waals surface area contributed by atoms with Crippen LogP contribution < -0.4 is 10.9 Å². The van der Waals surface area contributed by atoms with E-state index in [1.165, 1.54) is 28.6 Å². The highest BCUT2D eigenvalue weighted by Crippen LogP contribution is 2.29.